The van der Waals surface area contributed by atoms with Gasteiger partial charge in [-0.05, 0) is 61.6 Å². The van der Waals surface area contributed by atoms with Gasteiger partial charge in [0.15, 0.2) is 0 Å². The molecular weight excluding hydrogens is 462 g/mol. The molecule has 1 saturated carbocycles. The van der Waals surface area contributed by atoms with Crippen molar-refractivity contribution in [3.8, 4) is 11.3 Å². The van der Waals surface area contributed by atoms with Crippen LogP contribution in [0.2, 0.25) is 5.02 Å². The lowest BCUT2D eigenvalue weighted by Gasteiger charge is -2.28. The second-order valence-corrected chi connectivity index (χ2v) is 10.5. The van der Waals surface area contributed by atoms with Crippen LogP contribution in [0.15, 0.2) is 39.7 Å². The Balaban J connectivity index is 1.61. The van der Waals surface area contributed by atoms with Crippen molar-refractivity contribution in [2.75, 3.05) is 6.61 Å². The molecule has 0 bridgehead atoms. The van der Waals surface area contributed by atoms with Gasteiger partial charge in [0.1, 0.15) is 15.8 Å². The summed E-state index contributed by atoms with van der Waals surface area (Å²) in [5.74, 6) is 1.36. The van der Waals surface area contributed by atoms with Gasteiger partial charge in [0.25, 0.3) is 5.91 Å². The Morgan fingerprint density at radius 1 is 1.16 bits per heavy atom. The predicted molar refractivity (Wildman–Crippen MR) is 136 cm³/mol. The van der Waals surface area contributed by atoms with Crippen molar-refractivity contribution in [3.63, 3.8) is 0 Å². The number of carbonyl (C=O) groups is 1. The number of benzene rings is 1. The summed E-state index contributed by atoms with van der Waals surface area (Å²) < 4.78 is 6.82. The molecule has 0 spiro atoms. The van der Waals surface area contributed by atoms with Gasteiger partial charge in [-0.3, -0.25) is 9.69 Å². The summed E-state index contributed by atoms with van der Waals surface area (Å²) in [7, 11) is 0. The molecule has 0 unspecified atom stereocenters. The smallest absolute Gasteiger partial charge is 0.266 e. The van der Waals surface area contributed by atoms with Gasteiger partial charge in [-0.2, -0.15) is 0 Å². The van der Waals surface area contributed by atoms with E-state index in [1.807, 2.05) is 41.3 Å². The van der Waals surface area contributed by atoms with Gasteiger partial charge in [0, 0.05) is 29.3 Å². The fourth-order valence-corrected chi connectivity index (χ4v) is 5.89. The van der Waals surface area contributed by atoms with E-state index in [2.05, 4.69) is 0 Å². The summed E-state index contributed by atoms with van der Waals surface area (Å²) in [5, 5.41) is 9.98. The molecule has 0 atom stereocenters. The van der Waals surface area contributed by atoms with Crippen molar-refractivity contribution in [2.24, 2.45) is 0 Å². The lowest BCUT2D eigenvalue weighted by molar-refractivity contribution is -0.123. The lowest BCUT2D eigenvalue weighted by atomic mass is 9.96. The van der Waals surface area contributed by atoms with Crippen LogP contribution in [0.25, 0.3) is 17.4 Å². The van der Waals surface area contributed by atoms with Crippen LogP contribution in [0, 0.1) is 0 Å². The number of carbonyl (C=O) groups excluding carboxylic acids is 1. The fraction of sp³-hybridized carbons (Fsp3) is 0.440. The molecule has 1 aliphatic heterocycles. The molecule has 4 nitrogen and oxygen atoms in total. The van der Waals surface area contributed by atoms with Crippen molar-refractivity contribution in [2.45, 2.75) is 63.8 Å². The average molecular weight is 490 g/mol. The van der Waals surface area contributed by atoms with Gasteiger partial charge in [-0.1, -0.05) is 67.7 Å². The van der Waals surface area contributed by atoms with Crippen molar-refractivity contribution in [1.29, 1.82) is 0 Å². The van der Waals surface area contributed by atoms with Gasteiger partial charge in [-0.15, -0.1) is 0 Å². The Kier molecular flexibility index (Phi) is 8.11. The first-order chi connectivity index (χ1) is 15.6. The standard InChI is InChI=1S/C25H28ClNO3S2/c26-19-12-10-17(11-13-19)21-15-18(7-6-14-28)22(30-21)16-23-24(29)27(25(31)32-23)20-8-4-2-1-3-5-9-20/h10-13,15-16,20,28H,1-9,14H2. The Labute approximate surface area is 204 Å². The van der Waals surface area contributed by atoms with Crippen LogP contribution >= 0.6 is 35.6 Å². The fourth-order valence-electron chi connectivity index (χ4n) is 4.39. The van der Waals surface area contributed by atoms with Gasteiger partial charge in [0.2, 0.25) is 0 Å². The number of aliphatic hydroxyl groups excluding tert-OH is 1. The van der Waals surface area contributed by atoms with E-state index in [9.17, 15) is 9.90 Å². The third-order valence-corrected chi connectivity index (χ3v) is 7.68. The van der Waals surface area contributed by atoms with Gasteiger partial charge < -0.3 is 9.52 Å². The van der Waals surface area contributed by atoms with Crippen LogP contribution in [0.4, 0.5) is 0 Å². The number of furan rings is 1. The van der Waals surface area contributed by atoms with Crippen molar-refractivity contribution >= 4 is 51.9 Å². The summed E-state index contributed by atoms with van der Waals surface area (Å²) in [4.78, 5) is 15.8. The first kappa shape index (κ1) is 23.6. The van der Waals surface area contributed by atoms with Gasteiger partial charge >= 0.3 is 0 Å². The monoisotopic (exact) mass is 489 g/mol. The van der Waals surface area contributed by atoms with Crippen LogP contribution < -0.4 is 0 Å². The van der Waals surface area contributed by atoms with Crippen LogP contribution in [-0.2, 0) is 11.2 Å². The topological polar surface area (TPSA) is 53.7 Å². The van der Waals surface area contributed by atoms with E-state index in [1.165, 1.54) is 31.0 Å². The molecule has 1 aliphatic carbocycles. The van der Waals surface area contributed by atoms with E-state index >= 15 is 0 Å². The highest BCUT2D eigenvalue weighted by Crippen LogP contribution is 2.38. The molecule has 2 aliphatic rings. The summed E-state index contributed by atoms with van der Waals surface area (Å²) >= 11 is 13.0. The minimum atomic E-state index is -0.0110. The zero-order valence-corrected chi connectivity index (χ0v) is 20.4. The maximum atomic E-state index is 13.3. The Hall–Kier alpha value is -1.60. The van der Waals surface area contributed by atoms with E-state index < -0.39 is 0 Å². The number of hydrogen-bond donors (Lipinski definition) is 1. The molecule has 1 N–H and O–H groups in total. The molecule has 170 valence electrons. The number of rotatable bonds is 6. The number of aliphatic hydroxyl groups is 1. The minimum absolute atomic E-state index is 0.0110. The quantitative estimate of drug-likeness (QED) is 0.355. The predicted octanol–water partition coefficient (Wildman–Crippen LogP) is 6.84. The average Bonchev–Trinajstić information content (AvgIpc) is 3.28. The summed E-state index contributed by atoms with van der Waals surface area (Å²) in [6.07, 6.45) is 11.2. The van der Waals surface area contributed by atoms with Crippen molar-refractivity contribution < 1.29 is 14.3 Å². The highest BCUT2D eigenvalue weighted by molar-refractivity contribution is 8.26. The van der Waals surface area contributed by atoms with E-state index in [-0.39, 0.29) is 18.6 Å². The van der Waals surface area contributed by atoms with Crippen molar-refractivity contribution in [3.05, 3.63) is 51.6 Å². The number of thioether (sulfide) groups is 1. The number of hydrogen-bond acceptors (Lipinski definition) is 5. The molecule has 2 aromatic rings. The highest BCUT2D eigenvalue weighted by Gasteiger charge is 2.37. The van der Waals surface area contributed by atoms with Crippen LogP contribution in [0.5, 0.6) is 0 Å². The zero-order chi connectivity index (χ0) is 22.5. The number of halogens is 1. The second kappa shape index (κ2) is 11.0. The van der Waals surface area contributed by atoms with Crippen LogP contribution in [-0.4, -0.2) is 32.9 Å². The molecule has 4 rings (SSSR count). The van der Waals surface area contributed by atoms with Crippen LogP contribution in [0.3, 0.4) is 0 Å². The summed E-state index contributed by atoms with van der Waals surface area (Å²) in [5.41, 5.74) is 1.89. The minimum Gasteiger partial charge on any atom is -0.456 e. The first-order valence-corrected chi connectivity index (χ1v) is 12.9. The molecule has 1 saturated heterocycles. The second-order valence-electron chi connectivity index (χ2n) is 8.38. The SMILES string of the molecule is O=C1C(=Cc2oc(-c3ccc(Cl)cc3)cc2CCCO)SC(=S)N1C1CCCCCCC1. The molecule has 0 radical (unpaired) electrons. The number of thiocarbonyl (C=S) groups is 1. The van der Waals surface area contributed by atoms with E-state index in [1.54, 1.807) is 0 Å². The Morgan fingerprint density at radius 3 is 2.53 bits per heavy atom. The van der Waals surface area contributed by atoms with Gasteiger partial charge in [-0.25, -0.2) is 0 Å². The normalized spacial score (nSPS) is 19.6. The number of nitrogens with zero attached hydrogens (tertiary/aromatic N) is 1. The maximum absolute atomic E-state index is 13.3. The third-order valence-electron chi connectivity index (χ3n) is 6.10. The lowest BCUT2D eigenvalue weighted by Crippen LogP contribution is -2.39. The summed E-state index contributed by atoms with van der Waals surface area (Å²) in [6.45, 7) is 0.102. The molecular formula is C25H28ClNO3S2. The molecule has 2 heterocycles. The van der Waals surface area contributed by atoms with E-state index in [4.69, 9.17) is 28.2 Å². The number of amides is 1. The molecule has 1 amide bonds. The molecule has 7 heteroatoms. The summed E-state index contributed by atoms with van der Waals surface area (Å²) in [6, 6.07) is 9.66. The highest BCUT2D eigenvalue weighted by atomic mass is 35.5. The first-order valence-electron chi connectivity index (χ1n) is 11.3. The Bertz CT molecular complexity index is 991. The van der Waals surface area contributed by atoms with Crippen molar-refractivity contribution in [1.82, 2.24) is 4.90 Å². The largest absolute Gasteiger partial charge is 0.456 e. The van der Waals surface area contributed by atoms with E-state index in [0.29, 0.717) is 32.9 Å². The maximum Gasteiger partial charge on any atom is 0.266 e. The molecule has 1 aromatic carbocycles. The molecule has 1 aromatic heterocycles. The molecule has 2 fully saturated rings. The molecule has 32 heavy (non-hydrogen) atoms. The number of aryl methyl sites for hydroxylation is 1. The zero-order valence-electron chi connectivity index (χ0n) is 18.0. The van der Waals surface area contributed by atoms with Gasteiger partial charge in [0.05, 0.1) is 4.91 Å². The van der Waals surface area contributed by atoms with Crippen LogP contribution in [0.1, 0.15) is 62.7 Å². The Morgan fingerprint density at radius 2 is 1.84 bits per heavy atom. The third kappa shape index (κ3) is 5.48. The van der Waals surface area contributed by atoms with E-state index in [0.717, 1.165) is 42.6 Å².